The standard InChI is InChI=1S/C18H21N3O2/c1-12-16(17(22)18(23)20(3)11-14-9-10-14)13(2)21(19-12)15-7-5-4-6-8-15/h4-8,14H,9-11H2,1-3H3. The SMILES string of the molecule is Cc1nn(-c2ccccc2)c(C)c1C(=O)C(=O)N(C)CC1CC1. The van der Waals surface area contributed by atoms with Crippen molar-refractivity contribution >= 4 is 11.7 Å². The van der Waals surface area contributed by atoms with Crippen LogP contribution in [0.4, 0.5) is 0 Å². The molecule has 5 heteroatoms. The molecule has 0 radical (unpaired) electrons. The normalized spacial score (nSPS) is 13.9. The topological polar surface area (TPSA) is 55.2 Å². The second-order valence-corrected chi connectivity index (χ2v) is 6.25. The Kier molecular flexibility index (Phi) is 4.03. The summed E-state index contributed by atoms with van der Waals surface area (Å²) >= 11 is 0. The van der Waals surface area contributed by atoms with Crippen molar-refractivity contribution in [1.82, 2.24) is 14.7 Å². The van der Waals surface area contributed by atoms with E-state index in [9.17, 15) is 9.59 Å². The number of benzene rings is 1. The Balaban J connectivity index is 1.89. The van der Waals surface area contributed by atoms with E-state index < -0.39 is 11.7 Å². The molecule has 5 nitrogen and oxygen atoms in total. The summed E-state index contributed by atoms with van der Waals surface area (Å²) in [4.78, 5) is 26.6. The molecule has 0 atom stereocenters. The first kappa shape index (κ1) is 15.5. The Bertz CT molecular complexity index is 745. The summed E-state index contributed by atoms with van der Waals surface area (Å²) in [5.41, 5.74) is 2.59. The number of likely N-dealkylation sites (N-methyl/N-ethyl adjacent to an activating group) is 1. The van der Waals surface area contributed by atoms with Gasteiger partial charge >= 0.3 is 0 Å². The van der Waals surface area contributed by atoms with Gasteiger partial charge in [0.15, 0.2) is 0 Å². The molecular weight excluding hydrogens is 290 g/mol. The summed E-state index contributed by atoms with van der Waals surface area (Å²) in [5, 5.41) is 4.44. The molecule has 0 bridgehead atoms. The molecule has 23 heavy (non-hydrogen) atoms. The van der Waals surface area contributed by atoms with Crippen molar-refractivity contribution in [1.29, 1.82) is 0 Å². The molecule has 1 aliphatic rings. The molecule has 1 heterocycles. The highest BCUT2D eigenvalue weighted by Gasteiger charge is 2.30. The Morgan fingerprint density at radius 1 is 1.22 bits per heavy atom. The number of ketones is 1. The second-order valence-electron chi connectivity index (χ2n) is 6.25. The summed E-state index contributed by atoms with van der Waals surface area (Å²) in [6.07, 6.45) is 2.30. The van der Waals surface area contributed by atoms with Crippen molar-refractivity contribution in [3.63, 3.8) is 0 Å². The van der Waals surface area contributed by atoms with Crippen LogP contribution in [0.2, 0.25) is 0 Å². The molecule has 1 fully saturated rings. The lowest BCUT2D eigenvalue weighted by atomic mass is 10.1. The van der Waals surface area contributed by atoms with E-state index in [1.165, 1.54) is 0 Å². The summed E-state index contributed by atoms with van der Waals surface area (Å²) < 4.78 is 1.72. The van der Waals surface area contributed by atoms with Gasteiger partial charge in [-0.3, -0.25) is 9.59 Å². The van der Waals surface area contributed by atoms with Crippen molar-refractivity contribution in [2.75, 3.05) is 13.6 Å². The summed E-state index contributed by atoms with van der Waals surface area (Å²) in [5.74, 6) is -0.355. The van der Waals surface area contributed by atoms with Crippen LogP contribution in [0.5, 0.6) is 0 Å². The van der Waals surface area contributed by atoms with Crippen LogP contribution in [0.1, 0.15) is 34.6 Å². The third-order valence-electron chi connectivity index (χ3n) is 4.29. The van der Waals surface area contributed by atoms with Crippen LogP contribution >= 0.6 is 0 Å². The van der Waals surface area contributed by atoms with Crippen molar-refractivity contribution in [3.8, 4) is 5.69 Å². The van der Waals surface area contributed by atoms with E-state index >= 15 is 0 Å². The maximum Gasteiger partial charge on any atom is 0.294 e. The molecular formula is C18H21N3O2. The molecule has 0 aliphatic heterocycles. The van der Waals surface area contributed by atoms with E-state index in [-0.39, 0.29) is 0 Å². The molecule has 2 aromatic rings. The maximum atomic E-state index is 12.6. The third kappa shape index (κ3) is 3.04. The van der Waals surface area contributed by atoms with E-state index in [1.54, 1.807) is 23.6 Å². The second kappa shape index (κ2) is 5.99. The zero-order chi connectivity index (χ0) is 16.6. The number of aryl methyl sites for hydroxylation is 1. The minimum absolute atomic E-state index is 0.418. The van der Waals surface area contributed by atoms with Gasteiger partial charge in [0, 0.05) is 13.6 Å². The number of carbonyl (C=O) groups is 2. The van der Waals surface area contributed by atoms with Crippen molar-refractivity contribution < 1.29 is 9.59 Å². The van der Waals surface area contributed by atoms with Gasteiger partial charge in [-0.25, -0.2) is 4.68 Å². The lowest BCUT2D eigenvalue weighted by Crippen LogP contribution is -2.35. The summed E-state index contributed by atoms with van der Waals surface area (Å²) in [6.45, 7) is 4.26. The largest absolute Gasteiger partial charge is 0.339 e. The fourth-order valence-corrected chi connectivity index (χ4v) is 2.84. The predicted molar refractivity (Wildman–Crippen MR) is 87.7 cm³/mol. The monoisotopic (exact) mass is 311 g/mol. The fraction of sp³-hybridized carbons (Fsp3) is 0.389. The van der Waals surface area contributed by atoms with E-state index in [1.807, 2.05) is 37.3 Å². The van der Waals surface area contributed by atoms with Gasteiger partial charge in [0.1, 0.15) is 0 Å². The van der Waals surface area contributed by atoms with Gasteiger partial charge in [-0.2, -0.15) is 5.10 Å². The number of carbonyl (C=O) groups excluding carboxylic acids is 2. The van der Waals surface area contributed by atoms with Crippen molar-refractivity contribution in [2.45, 2.75) is 26.7 Å². The smallest absolute Gasteiger partial charge is 0.294 e. The number of para-hydroxylation sites is 1. The number of amides is 1. The van der Waals surface area contributed by atoms with Crippen LogP contribution in [0, 0.1) is 19.8 Å². The van der Waals surface area contributed by atoms with E-state index in [2.05, 4.69) is 5.10 Å². The highest BCUT2D eigenvalue weighted by atomic mass is 16.2. The average Bonchev–Trinajstić information content (AvgIpc) is 3.31. The lowest BCUT2D eigenvalue weighted by Gasteiger charge is -2.15. The summed E-state index contributed by atoms with van der Waals surface area (Å²) in [7, 11) is 1.70. The summed E-state index contributed by atoms with van der Waals surface area (Å²) in [6, 6.07) is 9.62. The molecule has 1 saturated carbocycles. The Labute approximate surface area is 135 Å². The first-order chi connectivity index (χ1) is 11.0. The van der Waals surface area contributed by atoms with Crippen LogP contribution in [0.25, 0.3) is 5.69 Å². The minimum Gasteiger partial charge on any atom is -0.339 e. The zero-order valence-corrected chi connectivity index (χ0v) is 13.7. The first-order valence-corrected chi connectivity index (χ1v) is 7.90. The highest BCUT2D eigenvalue weighted by Crippen LogP contribution is 2.29. The van der Waals surface area contributed by atoms with Gasteiger partial charge in [0.25, 0.3) is 11.7 Å². The first-order valence-electron chi connectivity index (χ1n) is 7.90. The predicted octanol–water partition coefficient (Wildman–Crippen LogP) is 2.54. The van der Waals surface area contributed by atoms with Gasteiger partial charge in [-0.05, 0) is 44.7 Å². The maximum absolute atomic E-state index is 12.6. The molecule has 3 rings (SSSR count). The molecule has 1 aliphatic carbocycles. The molecule has 0 saturated heterocycles. The van der Waals surface area contributed by atoms with Crippen LogP contribution in [-0.2, 0) is 4.79 Å². The van der Waals surface area contributed by atoms with Gasteiger partial charge < -0.3 is 4.90 Å². The minimum atomic E-state index is -0.467. The Hall–Kier alpha value is -2.43. The van der Waals surface area contributed by atoms with Gasteiger partial charge in [0.05, 0.1) is 22.6 Å². The Morgan fingerprint density at radius 3 is 2.48 bits per heavy atom. The van der Waals surface area contributed by atoms with E-state index in [0.29, 0.717) is 29.4 Å². The number of hydrogen-bond donors (Lipinski definition) is 0. The van der Waals surface area contributed by atoms with Crippen molar-refractivity contribution in [2.24, 2.45) is 5.92 Å². The van der Waals surface area contributed by atoms with Gasteiger partial charge in [-0.1, -0.05) is 18.2 Å². The lowest BCUT2D eigenvalue weighted by molar-refractivity contribution is -0.125. The molecule has 0 N–H and O–H groups in total. The van der Waals surface area contributed by atoms with Gasteiger partial charge in [0.2, 0.25) is 0 Å². The van der Waals surface area contributed by atoms with E-state index in [0.717, 1.165) is 18.5 Å². The number of aromatic nitrogens is 2. The fourth-order valence-electron chi connectivity index (χ4n) is 2.84. The number of Topliss-reactive ketones (excluding diaryl/α,β-unsaturated/α-hetero) is 1. The van der Waals surface area contributed by atoms with E-state index in [4.69, 9.17) is 0 Å². The average molecular weight is 311 g/mol. The molecule has 1 amide bonds. The molecule has 1 aromatic heterocycles. The molecule has 0 spiro atoms. The molecule has 0 unspecified atom stereocenters. The number of rotatable bonds is 5. The quantitative estimate of drug-likeness (QED) is 0.630. The zero-order valence-electron chi connectivity index (χ0n) is 13.7. The number of hydrogen-bond acceptors (Lipinski definition) is 3. The van der Waals surface area contributed by atoms with Crippen LogP contribution in [-0.4, -0.2) is 40.0 Å². The van der Waals surface area contributed by atoms with Gasteiger partial charge in [-0.15, -0.1) is 0 Å². The molecule has 1 aromatic carbocycles. The third-order valence-corrected chi connectivity index (χ3v) is 4.29. The Morgan fingerprint density at radius 2 is 1.87 bits per heavy atom. The van der Waals surface area contributed by atoms with Crippen LogP contribution in [0.15, 0.2) is 30.3 Å². The van der Waals surface area contributed by atoms with Crippen LogP contribution in [0.3, 0.4) is 0 Å². The van der Waals surface area contributed by atoms with Crippen LogP contribution < -0.4 is 0 Å². The number of nitrogens with zero attached hydrogens (tertiary/aromatic N) is 3. The molecule has 120 valence electrons. The highest BCUT2D eigenvalue weighted by molar-refractivity contribution is 6.43. The van der Waals surface area contributed by atoms with Crippen molar-refractivity contribution in [3.05, 3.63) is 47.3 Å².